The number of carbonyl (C=O) groups excluding carboxylic acids is 1. The molecule has 0 radical (unpaired) electrons. The van der Waals surface area contributed by atoms with Gasteiger partial charge >= 0.3 is 11.9 Å². The zero-order valence-electron chi connectivity index (χ0n) is 17.2. The molecular weight excluding hydrogens is 425 g/mol. The predicted molar refractivity (Wildman–Crippen MR) is 110 cm³/mol. The highest BCUT2D eigenvalue weighted by Crippen LogP contribution is 2.52. The van der Waals surface area contributed by atoms with Gasteiger partial charge in [-0.25, -0.2) is 9.18 Å². The largest absolute Gasteiger partial charge is 0.481 e. The number of hydrogen-bond donors (Lipinski definition) is 2. The number of nitrogens with zero attached hydrogens (tertiary/aromatic N) is 1. The van der Waals surface area contributed by atoms with Crippen molar-refractivity contribution in [2.45, 2.75) is 80.7 Å². The minimum atomic E-state index is -1.42. The molecule has 7 nitrogen and oxygen atoms in total. The van der Waals surface area contributed by atoms with Crippen LogP contribution in [-0.2, 0) is 19.1 Å². The average Bonchev–Trinajstić information content (AvgIpc) is 2.74. The quantitative estimate of drug-likeness (QED) is 0.626. The molecule has 170 valence electrons. The molecule has 0 aromatic rings. The van der Waals surface area contributed by atoms with E-state index in [-0.39, 0.29) is 29.9 Å². The Bertz CT molecular complexity index is 820. The van der Waals surface area contributed by atoms with Crippen molar-refractivity contribution in [1.82, 2.24) is 4.90 Å². The van der Waals surface area contributed by atoms with Crippen LogP contribution in [0.1, 0.15) is 44.9 Å². The number of ether oxygens (including phenoxy) is 1. The highest BCUT2D eigenvalue weighted by Gasteiger charge is 2.60. The van der Waals surface area contributed by atoms with Gasteiger partial charge in [-0.3, -0.25) is 9.59 Å². The summed E-state index contributed by atoms with van der Waals surface area (Å²) in [4.78, 5) is 38.0. The van der Waals surface area contributed by atoms with E-state index < -0.39 is 47.2 Å². The van der Waals surface area contributed by atoms with Crippen molar-refractivity contribution < 1.29 is 33.7 Å². The standard InChI is InChI=1S/C22H28FNO6S/c23-14-7-12-18-20(21(14)31-9-16(25)26)30-15-6-5-10-3-1-2-4-11(10)17(15)24(18)8-13(19(12)27)22(28)29/h8,10-12,14-15,17-18,20-21H,1-7,9H2,(H,25,26)(H,28,29). The average molecular weight is 454 g/mol. The number of rotatable bonds is 4. The van der Waals surface area contributed by atoms with Crippen LogP contribution < -0.4 is 0 Å². The molecule has 0 amide bonds. The van der Waals surface area contributed by atoms with E-state index in [1.165, 1.54) is 12.6 Å². The van der Waals surface area contributed by atoms with Crippen LogP contribution in [0.25, 0.3) is 0 Å². The number of ketones is 1. The number of morpholine rings is 1. The van der Waals surface area contributed by atoms with Crippen LogP contribution in [0, 0.1) is 17.8 Å². The lowest BCUT2D eigenvalue weighted by Crippen LogP contribution is -2.72. The predicted octanol–water partition coefficient (Wildman–Crippen LogP) is 2.49. The van der Waals surface area contributed by atoms with Crippen LogP contribution in [-0.4, -0.2) is 74.3 Å². The number of hydrogen-bond acceptors (Lipinski definition) is 6. The van der Waals surface area contributed by atoms with E-state index in [4.69, 9.17) is 9.84 Å². The summed E-state index contributed by atoms with van der Waals surface area (Å²) < 4.78 is 21.7. The lowest BCUT2D eigenvalue weighted by atomic mass is 9.64. The second-order valence-corrected chi connectivity index (χ2v) is 10.8. The number of carbonyl (C=O) groups is 3. The van der Waals surface area contributed by atoms with E-state index in [2.05, 4.69) is 4.90 Å². The minimum absolute atomic E-state index is 0.00784. The van der Waals surface area contributed by atoms with Crippen LogP contribution in [0.5, 0.6) is 0 Å². The highest BCUT2D eigenvalue weighted by atomic mass is 32.2. The number of Topliss-reactive ketones (excluding diaryl/α,β-unsaturated/α-hetero) is 1. The monoisotopic (exact) mass is 453 g/mol. The van der Waals surface area contributed by atoms with Gasteiger partial charge in [0.1, 0.15) is 11.7 Å². The molecule has 3 saturated carbocycles. The summed E-state index contributed by atoms with van der Waals surface area (Å²) in [5.41, 5.74) is -0.262. The fourth-order valence-corrected chi connectivity index (χ4v) is 7.96. The molecule has 9 atom stereocenters. The molecule has 2 aliphatic heterocycles. The maximum atomic E-state index is 15.2. The number of halogens is 1. The summed E-state index contributed by atoms with van der Waals surface area (Å²) >= 11 is 1.03. The molecule has 1 saturated heterocycles. The Kier molecular flexibility index (Phi) is 5.53. The SMILES string of the molecule is O=C(O)CSC1C(F)CC2C(=O)C(C(=O)O)=CN3C4C(CCC5CCCCC54)OC1C23. The third kappa shape index (κ3) is 3.48. The molecule has 0 aromatic carbocycles. The van der Waals surface area contributed by atoms with Gasteiger partial charge in [-0.2, -0.15) is 0 Å². The summed E-state index contributed by atoms with van der Waals surface area (Å²) in [6.45, 7) is 0. The molecule has 2 N–H and O–H groups in total. The topological polar surface area (TPSA) is 104 Å². The second kappa shape index (κ2) is 8.06. The van der Waals surface area contributed by atoms with Crippen LogP contribution in [0.15, 0.2) is 11.8 Å². The summed E-state index contributed by atoms with van der Waals surface area (Å²) in [7, 11) is 0. The van der Waals surface area contributed by atoms with Gasteiger partial charge in [0.25, 0.3) is 0 Å². The van der Waals surface area contributed by atoms with E-state index in [0.717, 1.165) is 43.9 Å². The Labute approximate surface area is 184 Å². The van der Waals surface area contributed by atoms with Gasteiger partial charge in [-0.15, -0.1) is 11.8 Å². The first-order valence-electron chi connectivity index (χ1n) is 11.3. The number of carboxylic acids is 2. The Morgan fingerprint density at radius 3 is 2.68 bits per heavy atom. The maximum absolute atomic E-state index is 15.2. The van der Waals surface area contributed by atoms with Gasteiger partial charge in [0, 0.05) is 12.1 Å². The molecule has 9 unspecified atom stereocenters. The Balaban J connectivity index is 1.55. The maximum Gasteiger partial charge on any atom is 0.340 e. The van der Waals surface area contributed by atoms with Gasteiger partial charge < -0.3 is 19.8 Å². The van der Waals surface area contributed by atoms with Crippen molar-refractivity contribution in [1.29, 1.82) is 0 Å². The Hall–Kier alpha value is -1.61. The van der Waals surface area contributed by atoms with E-state index in [1.807, 2.05) is 0 Å². The molecule has 5 aliphatic rings. The van der Waals surface area contributed by atoms with Crippen molar-refractivity contribution in [3.63, 3.8) is 0 Å². The molecule has 9 heteroatoms. The van der Waals surface area contributed by atoms with Crippen molar-refractivity contribution >= 4 is 29.5 Å². The highest BCUT2D eigenvalue weighted by molar-refractivity contribution is 8.00. The van der Waals surface area contributed by atoms with E-state index in [1.54, 1.807) is 0 Å². The van der Waals surface area contributed by atoms with Crippen LogP contribution in [0.4, 0.5) is 4.39 Å². The number of fused-ring (bicyclic) bond motifs is 4. The lowest BCUT2D eigenvalue weighted by molar-refractivity contribution is -0.204. The van der Waals surface area contributed by atoms with Crippen LogP contribution >= 0.6 is 11.8 Å². The number of alkyl halides is 1. The van der Waals surface area contributed by atoms with Crippen molar-refractivity contribution in [2.24, 2.45) is 17.8 Å². The molecule has 4 fully saturated rings. The fraction of sp³-hybridized carbons (Fsp3) is 0.773. The third-order valence-electron chi connectivity index (χ3n) is 8.05. The van der Waals surface area contributed by atoms with Gasteiger partial charge in [0.05, 0.1) is 35.3 Å². The number of aliphatic carboxylic acids is 2. The molecule has 5 rings (SSSR count). The number of carboxylic acid groups (broad SMARTS) is 2. The van der Waals surface area contributed by atoms with Crippen molar-refractivity contribution in [3.8, 4) is 0 Å². The molecule has 2 heterocycles. The summed E-state index contributed by atoms with van der Waals surface area (Å²) in [5.74, 6) is -2.86. The van der Waals surface area contributed by atoms with Crippen molar-refractivity contribution in [3.05, 3.63) is 11.8 Å². The fourth-order valence-electron chi connectivity index (χ4n) is 6.89. The Morgan fingerprint density at radius 2 is 1.94 bits per heavy atom. The zero-order valence-corrected chi connectivity index (χ0v) is 18.0. The summed E-state index contributed by atoms with van der Waals surface area (Å²) in [5, 5.41) is 18.1. The normalized spacial score (nSPS) is 43.9. The first-order chi connectivity index (χ1) is 14.9. The molecular formula is C22H28FNO6S. The first-order valence-corrected chi connectivity index (χ1v) is 12.3. The number of thioether (sulfide) groups is 1. The smallest absolute Gasteiger partial charge is 0.340 e. The molecule has 0 spiro atoms. The first kappa shape index (κ1) is 21.2. The van der Waals surface area contributed by atoms with Gasteiger partial charge in [0.2, 0.25) is 0 Å². The van der Waals surface area contributed by atoms with E-state index in [0.29, 0.717) is 11.8 Å². The van der Waals surface area contributed by atoms with E-state index in [9.17, 15) is 19.5 Å². The molecule has 0 aromatic heterocycles. The summed E-state index contributed by atoms with van der Waals surface area (Å²) in [6, 6.07) is -0.442. The Morgan fingerprint density at radius 1 is 1.16 bits per heavy atom. The van der Waals surface area contributed by atoms with Gasteiger partial charge in [0.15, 0.2) is 5.78 Å². The van der Waals surface area contributed by atoms with E-state index >= 15 is 4.39 Å². The van der Waals surface area contributed by atoms with Crippen LogP contribution in [0.3, 0.4) is 0 Å². The zero-order chi connectivity index (χ0) is 21.9. The van der Waals surface area contributed by atoms with Gasteiger partial charge in [-0.1, -0.05) is 19.3 Å². The van der Waals surface area contributed by atoms with Gasteiger partial charge in [-0.05, 0) is 37.5 Å². The second-order valence-electron chi connectivity index (χ2n) is 9.59. The molecule has 0 bridgehead atoms. The van der Waals surface area contributed by atoms with Crippen molar-refractivity contribution in [2.75, 3.05) is 5.75 Å². The lowest BCUT2D eigenvalue weighted by Gasteiger charge is -2.62. The molecule has 31 heavy (non-hydrogen) atoms. The molecule has 3 aliphatic carbocycles. The minimum Gasteiger partial charge on any atom is -0.481 e. The summed E-state index contributed by atoms with van der Waals surface area (Å²) in [6.07, 6.45) is 5.65. The third-order valence-corrected chi connectivity index (χ3v) is 9.41. The van der Waals surface area contributed by atoms with Crippen LogP contribution in [0.2, 0.25) is 0 Å².